The molecule has 0 saturated heterocycles. The molecule has 2 nitrogen and oxygen atoms in total. The first kappa shape index (κ1) is 13.2. The van der Waals surface area contributed by atoms with E-state index in [0.29, 0.717) is 0 Å². The van der Waals surface area contributed by atoms with Crippen molar-refractivity contribution >= 4 is 21.8 Å². The van der Waals surface area contributed by atoms with Crippen molar-refractivity contribution in [1.82, 2.24) is 9.97 Å². The van der Waals surface area contributed by atoms with Crippen molar-refractivity contribution in [3.05, 3.63) is 85.1 Å². The molecule has 5 aromatic rings. The number of aromatic nitrogens is 2. The van der Waals surface area contributed by atoms with Gasteiger partial charge in [0.2, 0.25) is 0 Å². The van der Waals surface area contributed by atoms with Crippen molar-refractivity contribution in [3.63, 3.8) is 0 Å². The molecule has 0 aliphatic carbocycles. The summed E-state index contributed by atoms with van der Waals surface area (Å²) in [6.45, 7) is 0. The Morgan fingerprint density at radius 2 is 1.25 bits per heavy atom. The van der Waals surface area contributed by atoms with Gasteiger partial charge in [0.1, 0.15) is 0 Å². The highest BCUT2D eigenvalue weighted by molar-refractivity contribution is 6.08. The van der Waals surface area contributed by atoms with Crippen LogP contribution in [0.2, 0.25) is 0 Å². The van der Waals surface area contributed by atoms with Crippen LogP contribution in [0.1, 0.15) is 0 Å². The third-order valence-corrected chi connectivity index (χ3v) is 4.63. The summed E-state index contributed by atoms with van der Waals surface area (Å²) in [4.78, 5) is 7.03. The van der Waals surface area contributed by atoms with Gasteiger partial charge < -0.3 is 9.97 Å². The molecule has 24 heavy (non-hydrogen) atoms. The normalized spacial score (nSPS) is 11.3. The van der Waals surface area contributed by atoms with Gasteiger partial charge in [-0.2, -0.15) is 0 Å². The fourth-order valence-corrected chi connectivity index (χ4v) is 3.53. The minimum absolute atomic E-state index is 1.16. The average molecular weight is 308 g/mol. The minimum atomic E-state index is 1.16. The van der Waals surface area contributed by atoms with E-state index in [0.717, 1.165) is 11.0 Å². The van der Waals surface area contributed by atoms with Crippen LogP contribution >= 0.6 is 0 Å². The molecule has 2 N–H and O–H groups in total. The van der Waals surface area contributed by atoms with Crippen LogP contribution in [0, 0.1) is 0 Å². The van der Waals surface area contributed by atoms with Gasteiger partial charge in [-0.25, -0.2) is 0 Å². The molecule has 2 aromatic heterocycles. The van der Waals surface area contributed by atoms with Crippen molar-refractivity contribution in [2.45, 2.75) is 0 Å². The summed E-state index contributed by atoms with van der Waals surface area (Å²) in [7, 11) is 0. The summed E-state index contributed by atoms with van der Waals surface area (Å²) >= 11 is 0. The van der Waals surface area contributed by atoms with E-state index in [2.05, 4.69) is 95.0 Å². The van der Waals surface area contributed by atoms with Crippen molar-refractivity contribution < 1.29 is 0 Å². The van der Waals surface area contributed by atoms with Crippen molar-refractivity contribution in [3.8, 4) is 22.4 Å². The second kappa shape index (κ2) is 5.14. The minimum Gasteiger partial charge on any atom is -0.360 e. The maximum Gasteiger partial charge on any atom is 0.0566 e. The molecule has 5 rings (SSSR count). The van der Waals surface area contributed by atoms with E-state index in [9.17, 15) is 0 Å². The van der Waals surface area contributed by atoms with Gasteiger partial charge in [0.25, 0.3) is 0 Å². The van der Waals surface area contributed by atoms with Gasteiger partial charge in [-0.3, -0.25) is 0 Å². The molecule has 3 aromatic carbocycles. The molecule has 0 radical (unpaired) electrons. The van der Waals surface area contributed by atoms with Crippen LogP contribution in [0.25, 0.3) is 44.2 Å². The summed E-state index contributed by atoms with van der Waals surface area (Å²) in [6.07, 6.45) is 2.10. The van der Waals surface area contributed by atoms with Crippen LogP contribution in [-0.2, 0) is 0 Å². The lowest BCUT2D eigenvalue weighted by Crippen LogP contribution is -1.81. The van der Waals surface area contributed by atoms with Crippen LogP contribution in [0.5, 0.6) is 0 Å². The number of benzene rings is 3. The zero-order valence-corrected chi connectivity index (χ0v) is 13.1. The predicted molar refractivity (Wildman–Crippen MR) is 101 cm³/mol. The average Bonchev–Trinajstić information content (AvgIpc) is 3.23. The zero-order chi connectivity index (χ0) is 15.9. The van der Waals surface area contributed by atoms with Gasteiger partial charge in [-0.05, 0) is 17.7 Å². The van der Waals surface area contributed by atoms with Gasteiger partial charge >= 0.3 is 0 Å². The van der Waals surface area contributed by atoms with E-state index in [-0.39, 0.29) is 0 Å². The van der Waals surface area contributed by atoms with Crippen LogP contribution < -0.4 is 0 Å². The summed E-state index contributed by atoms with van der Waals surface area (Å²) < 4.78 is 0. The number of nitrogens with one attached hydrogen (secondary N) is 2. The number of aromatic amines is 2. The first-order valence-corrected chi connectivity index (χ1v) is 8.14. The molecule has 0 aliphatic rings. The van der Waals surface area contributed by atoms with Crippen LogP contribution in [0.3, 0.4) is 0 Å². The van der Waals surface area contributed by atoms with Gasteiger partial charge in [0.05, 0.1) is 5.69 Å². The molecule has 114 valence electrons. The molecular weight excluding hydrogens is 292 g/mol. The van der Waals surface area contributed by atoms with E-state index < -0.39 is 0 Å². The number of hydrogen-bond donors (Lipinski definition) is 2. The number of para-hydroxylation sites is 2. The SMILES string of the molecule is c1ccc(-c2c(-c3c[nH]c4ccccc34)[nH]c3ccccc23)cc1. The standard InChI is InChI=1S/C22H16N2/c1-2-8-15(9-3-1)21-17-11-5-7-13-20(17)24-22(21)18-14-23-19-12-6-4-10-16(18)19/h1-14,23-24H. The molecule has 0 atom stereocenters. The molecule has 0 fully saturated rings. The van der Waals surface area contributed by atoms with E-state index in [1.807, 2.05) is 0 Å². The third-order valence-electron chi connectivity index (χ3n) is 4.63. The van der Waals surface area contributed by atoms with Gasteiger partial charge in [-0.1, -0.05) is 66.7 Å². The van der Waals surface area contributed by atoms with Gasteiger partial charge in [0.15, 0.2) is 0 Å². The molecule has 2 heteroatoms. The van der Waals surface area contributed by atoms with Gasteiger partial charge in [0, 0.05) is 39.1 Å². The van der Waals surface area contributed by atoms with Crippen LogP contribution in [0.15, 0.2) is 85.1 Å². The topological polar surface area (TPSA) is 31.6 Å². The Bertz CT molecular complexity index is 1150. The van der Waals surface area contributed by atoms with Crippen molar-refractivity contribution in [2.24, 2.45) is 0 Å². The Kier molecular flexibility index (Phi) is 2.83. The van der Waals surface area contributed by atoms with Crippen molar-refractivity contribution in [2.75, 3.05) is 0 Å². The summed E-state index contributed by atoms with van der Waals surface area (Å²) in [6, 6.07) is 27.5. The van der Waals surface area contributed by atoms with E-state index in [4.69, 9.17) is 0 Å². The predicted octanol–water partition coefficient (Wildman–Crippen LogP) is 5.98. The summed E-state index contributed by atoms with van der Waals surface area (Å²) in [5.41, 5.74) is 7.19. The van der Waals surface area contributed by atoms with Crippen molar-refractivity contribution in [1.29, 1.82) is 0 Å². The van der Waals surface area contributed by atoms with Crippen LogP contribution in [0.4, 0.5) is 0 Å². The van der Waals surface area contributed by atoms with E-state index >= 15 is 0 Å². The number of fused-ring (bicyclic) bond motifs is 2. The summed E-state index contributed by atoms with van der Waals surface area (Å²) in [5.74, 6) is 0. The van der Waals surface area contributed by atoms with Gasteiger partial charge in [-0.15, -0.1) is 0 Å². The molecule has 0 aliphatic heterocycles. The van der Waals surface area contributed by atoms with E-state index in [1.165, 1.54) is 33.2 Å². The zero-order valence-electron chi connectivity index (χ0n) is 13.1. The number of rotatable bonds is 2. The van der Waals surface area contributed by atoms with E-state index in [1.54, 1.807) is 0 Å². The largest absolute Gasteiger partial charge is 0.360 e. The first-order chi connectivity index (χ1) is 11.9. The maximum atomic E-state index is 3.64. The molecule has 0 saturated carbocycles. The monoisotopic (exact) mass is 308 g/mol. The molecule has 0 spiro atoms. The Morgan fingerprint density at radius 3 is 2.08 bits per heavy atom. The second-order valence-corrected chi connectivity index (χ2v) is 6.03. The Hall–Kier alpha value is -3.26. The second-order valence-electron chi connectivity index (χ2n) is 6.03. The lowest BCUT2D eigenvalue weighted by Gasteiger charge is -2.05. The molecule has 0 amide bonds. The highest BCUT2D eigenvalue weighted by Gasteiger charge is 2.17. The fourth-order valence-electron chi connectivity index (χ4n) is 3.53. The lowest BCUT2D eigenvalue weighted by atomic mass is 9.98. The molecule has 0 bridgehead atoms. The highest BCUT2D eigenvalue weighted by atomic mass is 14.7. The smallest absolute Gasteiger partial charge is 0.0566 e. The lowest BCUT2D eigenvalue weighted by molar-refractivity contribution is 1.43. The Labute approximate surface area is 139 Å². The van der Waals surface area contributed by atoms with Crippen LogP contribution in [-0.4, -0.2) is 9.97 Å². The Balaban J connectivity index is 1.89. The summed E-state index contributed by atoms with van der Waals surface area (Å²) in [5, 5.41) is 2.49. The quantitative estimate of drug-likeness (QED) is 0.402. The molecule has 0 unspecified atom stereocenters. The highest BCUT2D eigenvalue weighted by Crippen LogP contribution is 2.40. The molecule has 2 heterocycles. The third kappa shape index (κ3) is 1.90. The first-order valence-electron chi connectivity index (χ1n) is 8.14. The number of H-pyrrole nitrogens is 2. The number of hydrogen-bond acceptors (Lipinski definition) is 0. The maximum absolute atomic E-state index is 3.64. The molecular formula is C22H16N2. The Morgan fingerprint density at radius 1 is 0.583 bits per heavy atom. The fraction of sp³-hybridized carbons (Fsp3) is 0.